The maximum atomic E-state index is 13.0. The number of carbonyl (C=O) groups excluding carboxylic acids is 1. The van der Waals surface area contributed by atoms with Crippen molar-refractivity contribution in [3.8, 4) is 5.75 Å². The second-order valence-electron chi connectivity index (χ2n) is 7.38. The van der Waals surface area contributed by atoms with E-state index in [1.807, 2.05) is 17.0 Å². The minimum atomic E-state index is 0.228. The molecule has 2 aliphatic rings. The molecule has 1 amide bonds. The number of benzene rings is 1. The Morgan fingerprint density at radius 1 is 1.15 bits per heavy atom. The van der Waals surface area contributed by atoms with Gasteiger partial charge in [0.05, 0.1) is 12.7 Å². The molecule has 5 heteroatoms. The van der Waals surface area contributed by atoms with Crippen molar-refractivity contribution in [1.29, 1.82) is 0 Å². The van der Waals surface area contributed by atoms with Crippen molar-refractivity contribution in [1.82, 2.24) is 4.90 Å². The van der Waals surface area contributed by atoms with Gasteiger partial charge in [0, 0.05) is 42.1 Å². The molecule has 26 heavy (non-hydrogen) atoms. The van der Waals surface area contributed by atoms with E-state index in [9.17, 15) is 4.79 Å². The fourth-order valence-corrected chi connectivity index (χ4v) is 5.23. The van der Waals surface area contributed by atoms with E-state index >= 15 is 0 Å². The molecule has 1 unspecified atom stereocenters. The summed E-state index contributed by atoms with van der Waals surface area (Å²) in [5, 5.41) is 2.10. The lowest BCUT2D eigenvalue weighted by Gasteiger charge is -2.36. The summed E-state index contributed by atoms with van der Waals surface area (Å²) in [6.07, 6.45) is 3.40. The Hall–Kier alpha value is -2.01. The Morgan fingerprint density at radius 3 is 2.58 bits per heavy atom. The molecule has 0 spiro atoms. The SMILES string of the molecule is COc1ccc(N2CCN(C(=O)c3csc4c3CCC(C)C4)CC2)cc1. The summed E-state index contributed by atoms with van der Waals surface area (Å²) in [6.45, 7) is 5.63. The second-order valence-corrected chi connectivity index (χ2v) is 8.34. The summed E-state index contributed by atoms with van der Waals surface area (Å²) >= 11 is 1.78. The Balaban J connectivity index is 1.41. The summed E-state index contributed by atoms with van der Waals surface area (Å²) in [7, 11) is 1.68. The minimum absolute atomic E-state index is 0.228. The second kappa shape index (κ2) is 7.31. The van der Waals surface area contributed by atoms with Gasteiger partial charge in [-0.3, -0.25) is 4.79 Å². The molecular weight excluding hydrogens is 344 g/mol. The van der Waals surface area contributed by atoms with E-state index in [-0.39, 0.29) is 5.91 Å². The van der Waals surface area contributed by atoms with Gasteiger partial charge in [0.2, 0.25) is 0 Å². The van der Waals surface area contributed by atoms with Crippen LogP contribution in [-0.2, 0) is 12.8 Å². The predicted molar refractivity (Wildman–Crippen MR) is 107 cm³/mol. The quantitative estimate of drug-likeness (QED) is 0.823. The minimum Gasteiger partial charge on any atom is -0.497 e. The maximum absolute atomic E-state index is 13.0. The first kappa shape index (κ1) is 17.4. The average Bonchev–Trinajstić information content (AvgIpc) is 3.10. The van der Waals surface area contributed by atoms with Gasteiger partial charge in [-0.25, -0.2) is 0 Å². The summed E-state index contributed by atoms with van der Waals surface area (Å²) in [4.78, 5) is 18.8. The summed E-state index contributed by atoms with van der Waals surface area (Å²) in [5.41, 5.74) is 3.49. The van der Waals surface area contributed by atoms with Gasteiger partial charge in [-0.15, -0.1) is 11.3 Å². The first-order valence-corrected chi connectivity index (χ1v) is 10.3. The Kier molecular flexibility index (Phi) is 4.90. The number of methoxy groups -OCH3 is 1. The van der Waals surface area contributed by atoms with E-state index in [1.165, 1.54) is 22.5 Å². The molecule has 1 aromatic heterocycles. The first-order valence-electron chi connectivity index (χ1n) is 9.43. The van der Waals surface area contributed by atoms with E-state index in [1.54, 1.807) is 18.4 Å². The smallest absolute Gasteiger partial charge is 0.255 e. The zero-order valence-electron chi connectivity index (χ0n) is 15.5. The molecule has 0 saturated carbocycles. The Morgan fingerprint density at radius 2 is 1.88 bits per heavy atom. The van der Waals surface area contributed by atoms with Gasteiger partial charge in [0.1, 0.15) is 5.75 Å². The van der Waals surface area contributed by atoms with Gasteiger partial charge < -0.3 is 14.5 Å². The number of ether oxygens (including phenoxy) is 1. The number of hydrogen-bond donors (Lipinski definition) is 0. The van der Waals surface area contributed by atoms with Gasteiger partial charge in [0.25, 0.3) is 5.91 Å². The third-order valence-electron chi connectivity index (χ3n) is 5.64. The Bertz CT molecular complexity index is 776. The van der Waals surface area contributed by atoms with Gasteiger partial charge in [-0.1, -0.05) is 6.92 Å². The van der Waals surface area contributed by atoms with Crippen LogP contribution in [-0.4, -0.2) is 44.1 Å². The number of thiophene rings is 1. The molecule has 138 valence electrons. The van der Waals surface area contributed by atoms with Gasteiger partial charge in [0.15, 0.2) is 0 Å². The number of fused-ring (bicyclic) bond motifs is 1. The highest BCUT2D eigenvalue weighted by atomic mass is 32.1. The standard InChI is InChI=1S/C21H26N2O2S/c1-15-3-8-18-19(14-26-20(18)13-15)21(24)23-11-9-22(10-12-23)16-4-6-17(25-2)7-5-16/h4-7,14-15H,3,8-13H2,1-2H3. The Labute approximate surface area is 159 Å². The molecule has 4 rings (SSSR count). The van der Waals surface area contributed by atoms with Crippen LogP contribution in [0.2, 0.25) is 0 Å². The lowest BCUT2D eigenvalue weighted by atomic mass is 9.88. The summed E-state index contributed by atoms with van der Waals surface area (Å²) in [5.74, 6) is 1.85. The van der Waals surface area contributed by atoms with Crippen molar-refractivity contribution in [3.63, 3.8) is 0 Å². The topological polar surface area (TPSA) is 32.8 Å². The average molecular weight is 371 g/mol. The van der Waals surface area contributed by atoms with Crippen LogP contribution in [0.25, 0.3) is 0 Å². The molecule has 1 saturated heterocycles. The van der Waals surface area contributed by atoms with Crippen molar-refractivity contribution in [2.45, 2.75) is 26.2 Å². The molecular formula is C21H26N2O2S. The molecule has 0 radical (unpaired) electrons. The lowest BCUT2D eigenvalue weighted by molar-refractivity contribution is 0.0746. The molecule has 2 heterocycles. The fourth-order valence-electron chi connectivity index (χ4n) is 3.99. The maximum Gasteiger partial charge on any atom is 0.255 e. The summed E-state index contributed by atoms with van der Waals surface area (Å²) < 4.78 is 5.23. The van der Waals surface area contributed by atoms with E-state index in [0.29, 0.717) is 0 Å². The van der Waals surface area contributed by atoms with Crippen LogP contribution in [0.15, 0.2) is 29.6 Å². The zero-order chi connectivity index (χ0) is 18.1. The lowest BCUT2D eigenvalue weighted by Crippen LogP contribution is -2.48. The van der Waals surface area contributed by atoms with Crippen molar-refractivity contribution < 1.29 is 9.53 Å². The molecule has 1 aliphatic carbocycles. The molecule has 2 aromatic rings. The van der Waals surface area contributed by atoms with Gasteiger partial charge in [-0.05, 0) is 55.0 Å². The number of piperazine rings is 1. The van der Waals surface area contributed by atoms with Crippen molar-refractivity contribution in [3.05, 3.63) is 45.6 Å². The van der Waals surface area contributed by atoms with Crippen molar-refractivity contribution in [2.75, 3.05) is 38.2 Å². The zero-order valence-corrected chi connectivity index (χ0v) is 16.3. The van der Waals surface area contributed by atoms with Gasteiger partial charge in [-0.2, -0.15) is 0 Å². The van der Waals surface area contributed by atoms with Crippen LogP contribution in [0.4, 0.5) is 5.69 Å². The molecule has 1 fully saturated rings. The number of nitrogens with zero attached hydrogens (tertiary/aromatic N) is 2. The highest BCUT2D eigenvalue weighted by Gasteiger charge is 2.28. The predicted octanol–water partition coefficient (Wildman–Crippen LogP) is 3.84. The van der Waals surface area contributed by atoms with Crippen molar-refractivity contribution >= 4 is 22.9 Å². The van der Waals surface area contributed by atoms with E-state index in [2.05, 4.69) is 29.3 Å². The summed E-state index contributed by atoms with van der Waals surface area (Å²) in [6, 6.07) is 8.16. The van der Waals surface area contributed by atoms with Crippen LogP contribution in [0.1, 0.15) is 34.1 Å². The van der Waals surface area contributed by atoms with Crippen LogP contribution in [0.5, 0.6) is 5.75 Å². The molecule has 4 nitrogen and oxygen atoms in total. The molecule has 1 aliphatic heterocycles. The number of rotatable bonds is 3. The van der Waals surface area contributed by atoms with E-state index in [0.717, 1.165) is 56.3 Å². The number of amides is 1. The first-order chi connectivity index (χ1) is 12.7. The van der Waals surface area contributed by atoms with Crippen LogP contribution >= 0.6 is 11.3 Å². The van der Waals surface area contributed by atoms with E-state index in [4.69, 9.17) is 4.74 Å². The van der Waals surface area contributed by atoms with Crippen LogP contribution in [0.3, 0.4) is 0 Å². The molecule has 1 aromatic carbocycles. The third-order valence-corrected chi connectivity index (χ3v) is 6.69. The van der Waals surface area contributed by atoms with Gasteiger partial charge >= 0.3 is 0 Å². The molecule has 0 N–H and O–H groups in total. The fraction of sp³-hybridized carbons (Fsp3) is 0.476. The molecule has 0 bridgehead atoms. The number of anilines is 1. The largest absolute Gasteiger partial charge is 0.497 e. The van der Waals surface area contributed by atoms with Crippen LogP contribution in [0, 0.1) is 5.92 Å². The molecule has 1 atom stereocenters. The monoisotopic (exact) mass is 370 g/mol. The van der Waals surface area contributed by atoms with E-state index < -0.39 is 0 Å². The van der Waals surface area contributed by atoms with Crippen LogP contribution < -0.4 is 9.64 Å². The third kappa shape index (κ3) is 3.32. The normalized spacial score (nSPS) is 20.0. The number of carbonyl (C=O) groups is 1. The highest BCUT2D eigenvalue weighted by Crippen LogP contribution is 2.33. The number of hydrogen-bond acceptors (Lipinski definition) is 4. The highest BCUT2D eigenvalue weighted by molar-refractivity contribution is 7.10. The van der Waals surface area contributed by atoms with Crippen molar-refractivity contribution in [2.24, 2.45) is 5.92 Å².